The monoisotopic (exact) mass is 284 g/mol. The van der Waals surface area contributed by atoms with Crippen LogP contribution >= 0.6 is 27.3 Å². The summed E-state index contributed by atoms with van der Waals surface area (Å²) in [5, 5.41) is 6.34. The summed E-state index contributed by atoms with van der Waals surface area (Å²) in [6.45, 7) is 2.77. The summed E-state index contributed by atoms with van der Waals surface area (Å²) < 4.78 is 2.79. The lowest BCUT2D eigenvalue weighted by molar-refractivity contribution is 0.112. The number of carbonyl (C=O) groups is 1. The molecule has 0 fully saturated rings. The van der Waals surface area contributed by atoms with Gasteiger partial charge < -0.3 is 0 Å². The SMILES string of the molecule is CCn1cc(C=O)c(-c2cc(Br)cs2)n1. The molecular formula is C10H9BrN2OS. The molecule has 0 aliphatic carbocycles. The maximum Gasteiger partial charge on any atom is 0.153 e. The average Bonchev–Trinajstić information content (AvgIpc) is 2.82. The average molecular weight is 285 g/mol. The Balaban J connectivity index is 2.51. The lowest BCUT2D eigenvalue weighted by Crippen LogP contribution is -1.93. The van der Waals surface area contributed by atoms with Crippen molar-refractivity contribution in [3.8, 4) is 10.6 Å². The van der Waals surface area contributed by atoms with E-state index in [2.05, 4.69) is 21.0 Å². The van der Waals surface area contributed by atoms with E-state index in [0.717, 1.165) is 27.9 Å². The lowest BCUT2D eigenvalue weighted by atomic mass is 10.2. The van der Waals surface area contributed by atoms with E-state index in [0.29, 0.717) is 5.56 Å². The standard InChI is InChI=1S/C10H9BrN2OS/c1-2-13-4-7(5-14)10(12-13)9-3-8(11)6-15-9/h3-6H,2H2,1H3. The Morgan fingerprint density at radius 2 is 2.47 bits per heavy atom. The van der Waals surface area contributed by atoms with Gasteiger partial charge in [0.2, 0.25) is 0 Å². The summed E-state index contributed by atoms with van der Waals surface area (Å²) in [4.78, 5) is 11.9. The third kappa shape index (κ3) is 2.03. The maximum atomic E-state index is 10.9. The molecule has 5 heteroatoms. The van der Waals surface area contributed by atoms with Crippen LogP contribution in [0.1, 0.15) is 17.3 Å². The number of halogens is 1. The smallest absolute Gasteiger partial charge is 0.153 e. The Morgan fingerprint density at radius 3 is 3.00 bits per heavy atom. The topological polar surface area (TPSA) is 34.9 Å². The van der Waals surface area contributed by atoms with Gasteiger partial charge in [0.1, 0.15) is 5.69 Å². The lowest BCUT2D eigenvalue weighted by Gasteiger charge is -1.92. The number of hydrogen-bond donors (Lipinski definition) is 0. The fourth-order valence-corrected chi connectivity index (χ4v) is 2.75. The predicted molar refractivity (Wildman–Crippen MR) is 64.3 cm³/mol. The molecule has 2 heterocycles. The summed E-state index contributed by atoms with van der Waals surface area (Å²) in [6.07, 6.45) is 2.62. The van der Waals surface area contributed by atoms with Crippen molar-refractivity contribution >= 4 is 33.6 Å². The predicted octanol–water partition coefficient (Wildman–Crippen LogP) is 3.21. The van der Waals surface area contributed by atoms with Crippen molar-refractivity contribution in [3.05, 3.63) is 27.7 Å². The largest absolute Gasteiger partial charge is 0.298 e. The normalized spacial score (nSPS) is 10.5. The van der Waals surface area contributed by atoms with Crippen LogP contribution in [0.25, 0.3) is 10.6 Å². The van der Waals surface area contributed by atoms with E-state index in [9.17, 15) is 4.79 Å². The summed E-state index contributed by atoms with van der Waals surface area (Å²) in [7, 11) is 0. The van der Waals surface area contributed by atoms with E-state index in [1.54, 1.807) is 22.2 Å². The highest BCUT2D eigenvalue weighted by atomic mass is 79.9. The second kappa shape index (κ2) is 4.28. The molecule has 0 aliphatic rings. The van der Waals surface area contributed by atoms with Crippen LogP contribution in [-0.4, -0.2) is 16.1 Å². The minimum absolute atomic E-state index is 0.645. The van der Waals surface area contributed by atoms with Crippen molar-refractivity contribution in [2.45, 2.75) is 13.5 Å². The van der Waals surface area contributed by atoms with E-state index in [1.807, 2.05) is 18.4 Å². The summed E-state index contributed by atoms with van der Waals surface area (Å²) in [5.74, 6) is 0. The first kappa shape index (κ1) is 10.6. The zero-order valence-electron chi connectivity index (χ0n) is 8.11. The third-order valence-corrected chi connectivity index (χ3v) is 3.74. The summed E-state index contributed by atoms with van der Waals surface area (Å²) in [5.41, 5.74) is 1.41. The van der Waals surface area contributed by atoms with Gasteiger partial charge in [-0.25, -0.2) is 0 Å². The molecule has 0 bridgehead atoms. The van der Waals surface area contributed by atoms with Gasteiger partial charge in [0, 0.05) is 22.6 Å². The van der Waals surface area contributed by atoms with Gasteiger partial charge in [-0.1, -0.05) is 0 Å². The zero-order valence-corrected chi connectivity index (χ0v) is 10.5. The minimum Gasteiger partial charge on any atom is -0.298 e. The molecule has 0 N–H and O–H groups in total. The van der Waals surface area contributed by atoms with Crippen LogP contribution in [0.2, 0.25) is 0 Å². The van der Waals surface area contributed by atoms with Crippen molar-refractivity contribution in [1.29, 1.82) is 0 Å². The van der Waals surface area contributed by atoms with Crippen LogP contribution in [-0.2, 0) is 6.54 Å². The Kier molecular flexibility index (Phi) is 3.02. The molecule has 0 saturated carbocycles. The van der Waals surface area contributed by atoms with Crippen LogP contribution in [0, 0.1) is 0 Å². The molecule has 2 aromatic heterocycles. The molecule has 0 aliphatic heterocycles. The minimum atomic E-state index is 0.645. The van der Waals surface area contributed by atoms with Crippen LogP contribution in [0.4, 0.5) is 0 Å². The quantitative estimate of drug-likeness (QED) is 0.812. The molecule has 0 unspecified atom stereocenters. The third-order valence-electron chi connectivity index (χ3n) is 2.04. The summed E-state index contributed by atoms with van der Waals surface area (Å²) >= 11 is 4.96. The number of rotatable bonds is 3. The zero-order chi connectivity index (χ0) is 10.8. The van der Waals surface area contributed by atoms with E-state index < -0.39 is 0 Å². The first-order chi connectivity index (χ1) is 7.24. The molecule has 78 valence electrons. The molecule has 15 heavy (non-hydrogen) atoms. The van der Waals surface area contributed by atoms with Gasteiger partial charge in [0.15, 0.2) is 6.29 Å². The molecule has 0 spiro atoms. The van der Waals surface area contributed by atoms with Crippen LogP contribution in [0.3, 0.4) is 0 Å². The highest BCUT2D eigenvalue weighted by Crippen LogP contribution is 2.30. The van der Waals surface area contributed by atoms with Crippen molar-refractivity contribution in [2.75, 3.05) is 0 Å². The van der Waals surface area contributed by atoms with Gasteiger partial charge in [-0.2, -0.15) is 5.10 Å². The van der Waals surface area contributed by atoms with Crippen molar-refractivity contribution in [1.82, 2.24) is 9.78 Å². The fourth-order valence-electron chi connectivity index (χ4n) is 1.31. The summed E-state index contributed by atoms with van der Waals surface area (Å²) in [6, 6.07) is 1.97. The molecule has 0 saturated heterocycles. The number of aromatic nitrogens is 2. The van der Waals surface area contributed by atoms with Gasteiger partial charge in [0.25, 0.3) is 0 Å². The highest BCUT2D eigenvalue weighted by molar-refractivity contribution is 9.10. The number of nitrogens with zero attached hydrogens (tertiary/aromatic N) is 2. The van der Waals surface area contributed by atoms with Gasteiger partial charge in [-0.15, -0.1) is 11.3 Å². The molecule has 2 rings (SSSR count). The second-order valence-electron chi connectivity index (χ2n) is 3.04. The Hall–Kier alpha value is -0.940. The van der Waals surface area contributed by atoms with Crippen molar-refractivity contribution < 1.29 is 4.79 Å². The Morgan fingerprint density at radius 1 is 1.67 bits per heavy atom. The molecule has 3 nitrogen and oxygen atoms in total. The molecule has 0 aromatic carbocycles. The first-order valence-electron chi connectivity index (χ1n) is 4.51. The fraction of sp³-hybridized carbons (Fsp3) is 0.200. The number of hydrogen-bond acceptors (Lipinski definition) is 3. The number of carbonyl (C=O) groups excluding carboxylic acids is 1. The van der Waals surface area contributed by atoms with Crippen molar-refractivity contribution in [2.24, 2.45) is 0 Å². The number of aryl methyl sites for hydroxylation is 1. The van der Waals surface area contributed by atoms with Gasteiger partial charge in [0.05, 0.1) is 10.4 Å². The molecule has 0 atom stereocenters. The molecule has 2 aromatic rings. The van der Waals surface area contributed by atoms with E-state index in [4.69, 9.17) is 0 Å². The van der Waals surface area contributed by atoms with E-state index >= 15 is 0 Å². The first-order valence-corrected chi connectivity index (χ1v) is 6.19. The molecule has 0 amide bonds. The Labute approximate surface area is 99.9 Å². The highest BCUT2D eigenvalue weighted by Gasteiger charge is 2.11. The van der Waals surface area contributed by atoms with Crippen LogP contribution < -0.4 is 0 Å². The van der Waals surface area contributed by atoms with E-state index in [1.165, 1.54) is 0 Å². The van der Waals surface area contributed by atoms with Crippen molar-refractivity contribution in [3.63, 3.8) is 0 Å². The molecular weight excluding hydrogens is 276 g/mol. The van der Waals surface area contributed by atoms with Gasteiger partial charge in [-0.05, 0) is 28.9 Å². The van der Waals surface area contributed by atoms with Gasteiger partial charge in [-0.3, -0.25) is 9.48 Å². The van der Waals surface area contributed by atoms with Gasteiger partial charge >= 0.3 is 0 Å². The molecule has 0 radical (unpaired) electrons. The Bertz CT molecular complexity index is 489. The number of aldehydes is 1. The van der Waals surface area contributed by atoms with Crippen LogP contribution in [0.5, 0.6) is 0 Å². The maximum absolute atomic E-state index is 10.9. The second-order valence-corrected chi connectivity index (χ2v) is 4.86. The number of thiophene rings is 1. The van der Waals surface area contributed by atoms with Crippen LogP contribution in [0.15, 0.2) is 22.1 Å². The van der Waals surface area contributed by atoms with E-state index in [-0.39, 0.29) is 0 Å².